The van der Waals surface area contributed by atoms with Gasteiger partial charge in [0.1, 0.15) is 0 Å². The highest BCUT2D eigenvalue weighted by Gasteiger charge is 2.30. The van der Waals surface area contributed by atoms with Gasteiger partial charge in [-0.25, -0.2) is 0 Å². The van der Waals surface area contributed by atoms with Crippen molar-refractivity contribution in [3.63, 3.8) is 0 Å². The van der Waals surface area contributed by atoms with Crippen LogP contribution in [-0.4, -0.2) is 51.8 Å². The molecule has 0 aromatic carbocycles. The fourth-order valence-electron chi connectivity index (χ4n) is 3.58. The summed E-state index contributed by atoms with van der Waals surface area (Å²) < 4.78 is 2.02. The van der Waals surface area contributed by atoms with Crippen molar-refractivity contribution in [2.75, 3.05) is 31.1 Å². The third kappa shape index (κ3) is 2.81. The average molecular weight is 311 g/mol. The van der Waals surface area contributed by atoms with Gasteiger partial charge in [-0.3, -0.25) is 14.5 Å². The summed E-state index contributed by atoms with van der Waals surface area (Å²) in [6.07, 6.45) is 7.19. The lowest BCUT2D eigenvalue weighted by atomic mass is 9.94. The van der Waals surface area contributed by atoms with Gasteiger partial charge in [-0.1, -0.05) is 0 Å². The van der Waals surface area contributed by atoms with Crippen molar-refractivity contribution in [2.24, 2.45) is 5.92 Å². The summed E-state index contributed by atoms with van der Waals surface area (Å²) >= 11 is 0. The number of rotatable bonds is 2. The highest BCUT2D eigenvalue weighted by Crippen LogP contribution is 2.23. The molecule has 0 aliphatic carbocycles. The molecule has 1 unspecified atom stereocenters. The van der Waals surface area contributed by atoms with E-state index in [2.05, 4.69) is 15.0 Å². The molecule has 2 aliphatic rings. The van der Waals surface area contributed by atoms with E-state index in [0.29, 0.717) is 5.91 Å². The number of anilines is 1. The number of aromatic nitrogens is 3. The van der Waals surface area contributed by atoms with Gasteiger partial charge in [0.15, 0.2) is 0 Å². The summed E-state index contributed by atoms with van der Waals surface area (Å²) in [6, 6.07) is 6.08. The Balaban J connectivity index is 1.36. The summed E-state index contributed by atoms with van der Waals surface area (Å²) in [7, 11) is 0. The number of amides is 1. The molecule has 23 heavy (non-hydrogen) atoms. The van der Waals surface area contributed by atoms with E-state index < -0.39 is 0 Å². The van der Waals surface area contributed by atoms with E-state index in [-0.39, 0.29) is 5.92 Å². The van der Waals surface area contributed by atoms with Crippen LogP contribution in [-0.2, 0) is 17.8 Å². The molecule has 2 aromatic heterocycles. The largest absolute Gasteiger partial charge is 0.368 e. The minimum Gasteiger partial charge on any atom is -0.368 e. The van der Waals surface area contributed by atoms with Crippen LogP contribution >= 0.6 is 0 Å². The predicted octanol–water partition coefficient (Wildman–Crippen LogP) is 1.19. The Morgan fingerprint density at radius 2 is 1.78 bits per heavy atom. The van der Waals surface area contributed by atoms with E-state index in [1.54, 1.807) is 0 Å². The van der Waals surface area contributed by atoms with Gasteiger partial charge < -0.3 is 9.80 Å². The van der Waals surface area contributed by atoms with Crippen LogP contribution in [0, 0.1) is 5.92 Å². The van der Waals surface area contributed by atoms with Gasteiger partial charge in [-0.2, -0.15) is 5.10 Å². The third-order valence-corrected chi connectivity index (χ3v) is 4.92. The Bertz CT molecular complexity index is 675. The van der Waals surface area contributed by atoms with Crippen molar-refractivity contribution in [3.05, 3.63) is 42.5 Å². The van der Waals surface area contributed by atoms with E-state index in [0.717, 1.165) is 45.6 Å². The molecule has 4 heterocycles. The number of carbonyl (C=O) groups is 1. The van der Waals surface area contributed by atoms with Gasteiger partial charge in [0.2, 0.25) is 5.91 Å². The quantitative estimate of drug-likeness (QED) is 0.836. The molecule has 0 spiro atoms. The summed E-state index contributed by atoms with van der Waals surface area (Å²) in [5, 5.41) is 4.29. The molecule has 120 valence electrons. The number of hydrogen-bond donors (Lipinski definition) is 0. The topological polar surface area (TPSA) is 54.3 Å². The highest BCUT2D eigenvalue weighted by atomic mass is 16.2. The Labute approximate surface area is 135 Å². The monoisotopic (exact) mass is 311 g/mol. The van der Waals surface area contributed by atoms with Crippen LogP contribution in [0.5, 0.6) is 0 Å². The van der Waals surface area contributed by atoms with E-state index >= 15 is 0 Å². The first-order chi connectivity index (χ1) is 11.3. The van der Waals surface area contributed by atoms with Gasteiger partial charge in [0.25, 0.3) is 0 Å². The summed E-state index contributed by atoms with van der Waals surface area (Å²) in [4.78, 5) is 21.2. The number of pyridine rings is 1. The lowest BCUT2D eigenvalue weighted by Crippen LogP contribution is -2.51. The molecular weight excluding hydrogens is 290 g/mol. The summed E-state index contributed by atoms with van der Waals surface area (Å²) in [5.41, 5.74) is 2.37. The maximum absolute atomic E-state index is 12.8. The minimum atomic E-state index is 0.117. The van der Waals surface area contributed by atoms with Crippen molar-refractivity contribution >= 4 is 11.6 Å². The second-order valence-electron chi connectivity index (χ2n) is 6.25. The fourth-order valence-corrected chi connectivity index (χ4v) is 3.58. The molecule has 6 nitrogen and oxygen atoms in total. The zero-order chi connectivity index (χ0) is 15.6. The Morgan fingerprint density at radius 1 is 1.00 bits per heavy atom. The molecular formula is C17H21N5O. The minimum absolute atomic E-state index is 0.117. The molecule has 1 amide bonds. The molecule has 0 radical (unpaired) electrons. The first kappa shape index (κ1) is 14.2. The fraction of sp³-hybridized carbons (Fsp3) is 0.471. The molecule has 0 saturated carbocycles. The van der Waals surface area contributed by atoms with E-state index in [1.807, 2.05) is 46.4 Å². The lowest BCUT2D eigenvalue weighted by molar-refractivity contribution is -0.136. The first-order valence-corrected chi connectivity index (χ1v) is 8.26. The molecule has 1 saturated heterocycles. The second-order valence-corrected chi connectivity index (χ2v) is 6.25. The van der Waals surface area contributed by atoms with Crippen LogP contribution in [0.4, 0.5) is 5.69 Å². The number of hydrogen-bond acceptors (Lipinski definition) is 4. The maximum Gasteiger partial charge on any atom is 0.226 e. The number of fused-ring (bicyclic) bond motifs is 1. The standard InChI is InChI=1S/C17H21N5O/c23-17(14-4-8-22-16(13-14)3-7-19-22)21-11-9-20(10-12-21)15-1-5-18-6-2-15/h1-3,5-7,14H,4,8-13H2. The second kappa shape index (κ2) is 6.02. The van der Waals surface area contributed by atoms with Gasteiger partial charge in [0, 0.05) is 75.0 Å². The number of carbonyl (C=O) groups excluding carboxylic acids is 1. The van der Waals surface area contributed by atoms with Crippen LogP contribution < -0.4 is 4.90 Å². The Hall–Kier alpha value is -2.37. The molecule has 4 rings (SSSR count). The molecule has 6 heteroatoms. The zero-order valence-corrected chi connectivity index (χ0v) is 13.1. The van der Waals surface area contributed by atoms with Crippen LogP contribution in [0.25, 0.3) is 0 Å². The van der Waals surface area contributed by atoms with Gasteiger partial charge in [-0.05, 0) is 24.6 Å². The van der Waals surface area contributed by atoms with E-state index in [4.69, 9.17) is 0 Å². The van der Waals surface area contributed by atoms with E-state index in [9.17, 15) is 4.79 Å². The average Bonchev–Trinajstić information content (AvgIpc) is 3.10. The van der Waals surface area contributed by atoms with Gasteiger partial charge in [0.05, 0.1) is 0 Å². The van der Waals surface area contributed by atoms with Crippen molar-refractivity contribution in [1.29, 1.82) is 0 Å². The van der Waals surface area contributed by atoms with Crippen molar-refractivity contribution in [3.8, 4) is 0 Å². The number of nitrogens with zero attached hydrogens (tertiary/aromatic N) is 5. The first-order valence-electron chi connectivity index (χ1n) is 8.26. The van der Waals surface area contributed by atoms with Crippen molar-refractivity contribution in [1.82, 2.24) is 19.7 Å². The molecule has 2 aliphatic heterocycles. The van der Waals surface area contributed by atoms with Crippen molar-refractivity contribution in [2.45, 2.75) is 19.4 Å². The third-order valence-electron chi connectivity index (χ3n) is 4.92. The highest BCUT2D eigenvalue weighted by molar-refractivity contribution is 5.79. The molecule has 1 fully saturated rings. The lowest BCUT2D eigenvalue weighted by Gasteiger charge is -2.38. The summed E-state index contributed by atoms with van der Waals surface area (Å²) in [5.74, 6) is 0.429. The van der Waals surface area contributed by atoms with Crippen LogP contribution in [0.1, 0.15) is 12.1 Å². The zero-order valence-electron chi connectivity index (χ0n) is 13.1. The predicted molar refractivity (Wildman–Crippen MR) is 87.1 cm³/mol. The van der Waals surface area contributed by atoms with Gasteiger partial charge in [-0.15, -0.1) is 0 Å². The molecule has 2 aromatic rings. The Morgan fingerprint density at radius 3 is 2.57 bits per heavy atom. The maximum atomic E-state index is 12.8. The molecule has 1 atom stereocenters. The Kier molecular flexibility index (Phi) is 3.73. The summed E-state index contributed by atoms with van der Waals surface area (Å²) in [6.45, 7) is 4.24. The SMILES string of the molecule is O=C(C1CCn2nccc2C1)N1CCN(c2ccncc2)CC1. The number of aryl methyl sites for hydroxylation is 1. The molecule has 0 N–H and O–H groups in total. The normalized spacial score (nSPS) is 21.1. The number of piperazine rings is 1. The van der Waals surface area contributed by atoms with Crippen molar-refractivity contribution < 1.29 is 4.79 Å². The van der Waals surface area contributed by atoms with Crippen LogP contribution in [0.2, 0.25) is 0 Å². The molecule has 0 bridgehead atoms. The van der Waals surface area contributed by atoms with Crippen LogP contribution in [0.15, 0.2) is 36.8 Å². The van der Waals surface area contributed by atoms with Gasteiger partial charge >= 0.3 is 0 Å². The smallest absolute Gasteiger partial charge is 0.226 e. The van der Waals surface area contributed by atoms with Crippen LogP contribution in [0.3, 0.4) is 0 Å². The van der Waals surface area contributed by atoms with E-state index in [1.165, 1.54) is 11.4 Å².